The average Bonchev–Trinajstić information content (AvgIpc) is 2.75. The summed E-state index contributed by atoms with van der Waals surface area (Å²) in [6.07, 6.45) is 0. The Hall–Kier alpha value is -1.98. The Morgan fingerprint density at radius 2 is 2.00 bits per heavy atom. The van der Waals surface area contributed by atoms with Crippen molar-refractivity contribution in [3.63, 3.8) is 0 Å². The first-order chi connectivity index (χ1) is 9.13. The van der Waals surface area contributed by atoms with E-state index in [0.717, 1.165) is 0 Å². The zero-order valence-corrected chi connectivity index (χ0v) is 10.9. The topological polar surface area (TPSA) is 62.2 Å². The van der Waals surface area contributed by atoms with Crippen LogP contribution in [0.2, 0.25) is 10.0 Å². The first-order valence-corrected chi connectivity index (χ1v) is 6.01. The minimum atomic E-state index is 0.280. The van der Waals surface area contributed by atoms with Gasteiger partial charge in [0.25, 0.3) is 0 Å². The molecule has 0 N–H and O–H groups in total. The van der Waals surface area contributed by atoms with Crippen molar-refractivity contribution in [3.8, 4) is 11.5 Å². The van der Waals surface area contributed by atoms with Crippen LogP contribution in [0.4, 0.5) is 0 Å². The van der Waals surface area contributed by atoms with Crippen molar-refractivity contribution in [2.75, 3.05) is 0 Å². The van der Waals surface area contributed by atoms with E-state index in [1.807, 2.05) is 0 Å². The number of benzene rings is 2. The van der Waals surface area contributed by atoms with Crippen LogP contribution in [0.5, 0.6) is 11.5 Å². The zero-order chi connectivity index (χ0) is 13.4. The van der Waals surface area contributed by atoms with E-state index in [1.54, 1.807) is 30.3 Å². The van der Waals surface area contributed by atoms with Crippen molar-refractivity contribution in [1.29, 1.82) is 0 Å². The maximum absolute atomic E-state index is 11.3. The predicted octanol–water partition coefficient (Wildman–Crippen LogP) is 3.56. The summed E-state index contributed by atoms with van der Waals surface area (Å²) in [6.45, 7) is 0. The number of rotatable bonds is 2. The molecule has 7 heteroatoms. The molecule has 2 aromatic carbocycles. The first-order valence-electron chi connectivity index (χ1n) is 5.26. The van der Waals surface area contributed by atoms with Gasteiger partial charge in [-0.3, -0.25) is 4.63 Å². The summed E-state index contributed by atoms with van der Waals surface area (Å²) < 4.78 is 10.1. The molecule has 0 radical (unpaired) electrons. The lowest BCUT2D eigenvalue weighted by molar-refractivity contribution is -0.782. The number of nitrogens with zero attached hydrogens (tertiary/aromatic N) is 2. The van der Waals surface area contributed by atoms with E-state index in [2.05, 4.69) is 9.79 Å². The summed E-state index contributed by atoms with van der Waals surface area (Å²) in [7, 11) is 0. The molecule has 5 nitrogen and oxygen atoms in total. The SMILES string of the molecule is [O-][n+]1onc2ccc(Oc3ccc(Cl)cc3Cl)cc21. The van der Waals surface area contributed by atoms with Gasteiger partial charge in [0, 0.05) is 16.2 Å². The van der Waals surface area contributed by atoms with Crippen LogP contribution < -0.4 is 9.64 Å². The number of hydrogen-bond donors (Lipinski definition) is 0. The zero-order valence-electron chi connectivity index (χ0n) is 9.34. The van der Waals surface area contributed by atoms with Gasteiger partial charge in [0.15, 0.2) is 0 Å². The Morgan fingerprint density at radius 1 is 1.16 bits per heavy atom. The quantitative estimate of drug-likeness (QED) is 0.678. The van der Waals surface area contributed by atoms with Crippen LogP contribution in [0.15, 0.2) is 41.0 Å². The Kier molecular flexibility index (Phi) is 2.93. The van der Waals surface area contributed by atoms with Gasteiger partial charge in [-0.25, -0.2) is 0 Å². The molecule has 0 saturated carbocycles. The summed E-state index contributed by atoms with van der Waals surface area (Å²) in [5.41, 5.74) is 0.729. The summed E-state index contributed by atoms with van der Waals surface area (Å²) >= 11 is 11.8. The highest BCUT2D eigenvalue weighted by Crippen LogP contribution is 2.32. The van der Waals surface area contributed by atoms with Gasteiger partial charge in [-0.15, -0.1) is 0 Å². The van der Waals surface area contributed by atoms with E-state index in [1.165, 1.54) is 6.07 Å². The monoisotopic (exact) mass is 296 g/mol. The predicted molar refractivity (Wildman–Crippen MR) is 69.5 cm³/mol. The molecule has 19 heavy (non-hydrogen) atoms. The van der Waals surface area contributed by atoms with E-state index in [-0.39, 0.29) is 5.52 Å². The normalized spacial score (nSPS) is 10.8. The maximum Gasteiger partial charge on any atom is 0.248 e. The fourth-order valence-corrected chi connectivity index (χ4v) is 2.05. The molecule has 1 heterocycles. The van der Waals surface area contributed by atoms with Gasteiger partial charge in [-0.2, -0.15) is 0 Å². The van der Waals surface area contributed by atoms with Gasteiger partial charge >= 0.3 is 0 Å². The van der Waals surface area contributed by atoms with Crippen LogP contribution >= 0.6 is 23.2 Å². The fourth-order valence-electron chi connectivity index (χ4n) is 1.60. The van der Waals surface area contributed by atoms with Gasteiger partial charge < -0.3 is 9.94 Å². The number of ether oxygens (including phenoxy) is 1. The summed E-state index contributed by atoms with van der Waals surface area (Å²) in [6, 6.07) is 9.68. The molecule has 0 aliphatic heterocycles. The molecule has 0 unspecified atom stereocenters. The van der Waals surface area contributed by atoms with E-state index >= 15 is 0 Å². The van der Waals surface area contributed by atoms with Crippen LogP contribution in [0.1, 0.15) is 0 Å². The average molecular weight is 297 g/mol. The van der Waals surface area contributed by atoms with Gasteiger partial charge in [0.1, 0.15) is 11.5 Å². The molecule has 0 fully saturated rings. The van der Waals surface area contributed by atoms with Crippen LogP contribution in [-0.2, 0) is 0 Å². The molecule has 0 amide bonds. The highest BCUT2D eigenvalue weighted by Gasteiger charge is 2.11. The highest BCUT2D eigenvalue weighted by atomic mass is 35.5. The Labute approximate surface area is 117 Å². The molecule has 0 aliphatic rings. The van der Waals surface area contributed by atoms with Crippen molar-refractivity contribution in [1.82, 2.24) is 5.16 Å². The second-order valence-corrected chi connectivity index (χ2v) is 4.60. The van der Waals surface area contributed by atoms with Crippen LogP contribution in [0.3, 0.4) is 0 Å². The van der Waals surface area contributed by atoms with E-state index in [4.69, 9.17) is 27.9 Å². The van der Waals surface area contributed by atoms with Gasteiger partial charge in [-0.1, -0.05) is 23.2 Å². The molecule has 3 rings (SSSR count). The van der Waals surface area contributed by atoms with E-state index in [9.17, 15) is 5.21 Å². The third kappa shape index (κ3) is 2.30. The molecule has 0 bridgehead atoms. The Balaban J connectivity index is 1.98. The van der Waals surface area contributed by atoms with Gasteiger partial charge in [0.05, 0.1) is 5.02 Å². The molecule has 96 valence electrons. The summed E-state index contributed by atoms with van der Waals surface area (Å²) in [4.78, 5) is 0.311. The van der Waals surface area contributed by atoms with Crippen LogP contribution in [0.25, 0.3) is 11.0 Å². The molecule has 1 aromatic heterocycles. The summed E-state index contributed by atoms with van der Waals surface area (Å²) in [5, 5.41) is 15.8. The van der Waals surface area contributed by atoms with Crippen molar-refractivity contribution in [2.45, 2.75) is 0 Å². The molecule has 0 atom stereocenters. The molecule has 3 aromatic rings. The minimum Gasteiger partial charge on any atom is -0.456 e. The largest absolute Gasteiger partial charge is 0.456 e. The molecule has 0 saturated heterocycles. The van der Waals surface area contributed by atoms with E-state index < -0.39 is 0 Å². The molecular weight excluding hydrogens is 291 g/mol. The highest BCUT2D eigenvalue weighted by molar-refractivity contribution is 6.35. The lowest BCUT2D eigenvalue weighted by Gasteiger charge is -2.07. The van der Waals surface area contributed by atoms with Gasteiger partial charge in [-0.05, 0) is 35.2 Å². The number of aromatic nitrogens is 2. The Bertz CT molecular complexity index is 758. The van der Waals surface area contributed by atoms with Crippen molar-refractivity contribution in [3.05, 3.63) is 51.7 Å². The van der Waals surface area contributed by atoms with Crippen molar-refractivity contribution < 1.29 is 14.3 Å². The molecular formula is C12H6Cl2N2O3. The third-order valence-corrected chi connectivity index (χ3v) is 3.01. The second-order valence-electron chi connectivity index (χ2n) is 3.76. The lowest BCUT2D eigenvalue weighted by Crippen LogP contribution is -2.22. The Morgan fingerprint density at radius 3 is 2.79 bits per heavy atom. The number of halogens is 2. The standard InChI is InChI=1S/C12H6Cl2N2O3/c13-7-1-4-12(9(14)5-7)18-8-2-3-10-11(6-8)16(17)19-15-10/h1-6H. The minimum absolute atomic E-state index is 0.280. The van der Waals surface area contributed by atoms with Crippen molar-refractivity contribution in [2.24, 2.45) is 0 Å². The smallest absolute Gasteiger partial charge is 0.248 e. The molecule has 0 spiro atoms. The third-order valence-electron chi connectivity index (χ3n) is 2.48. The number of fused-ring (bicyclic) bond motifs is 1. The van der Waals surface area contributed by atoms with E-state index in [0.29, 0.717) is 32.0 Å². The lowest BCUT2D eigenvalue weighted by atomic mass is 10.3. The maximum atomic E-state index is 11.3. The van der Waals surface area contributed by atoms with Crippen LogP contribution in [0, 0.1) is 5.21 Å². The summed E-state index contributed by atoms with van der Waals surface area (Å²) in [5.74, 6) is 0.892. The first kappa shape index (κ1) is 12.1. The van der Waals surface area contributed by atoms with Gasteiger partial charge in [0.2, 0.25) is 11.0 Å². The second kappa shape index (κ2) is 4.60. The van der Waals surface area contributed by atoms with Crippen molar-refractivity contribution >= 4 is 34.2 Å². The number of hydrogen-bond acceptors (Lipinski definition) is 4. The van der Waals surface area contributed by atoms with Crippen LogP contribution in [-0.4, -0.2) is 5.16 Å². The molecule has 0 aliphatic carbocycles. The fraction of sp³-hybridized carbons (Fsp3) is 0.